The highest BCUT2D eigenvalue weighted by Gasteiger charge is 2.29. The first-order valence-electron chi connectivity index (χ1n) is 11.1. The van der Waals surface area contributed by atoms with Gasteiger partial charge < -0.3 is 24.7 Å². The number of hydrogen-bond acceptors (Lipinski definition) is 5. The average molecular weight is 469 g/mol. The topological polar surface area (TPSA) is 124 Å². The molecule has 32 heavy (non-hydrogen) atoms. The zero-order valence-corrected chi connectivity index (χ0v) is 19.8. The van der Waals surface area contributed by atoms with Crippen LogP contribution < -0.4 is 0 Å². The summed E-state index contributed by atoms with van der Waals surface area (Å²) < 4.78 is 16.6. The summed E-state index contributed by atoms with van der Waals surface area (Å²) in [6.07, 6.45) is 18.4. The van der Waals surface area contributed by atoms with Crippen LogP contribution in [0.15, 0.2) is 60.8 Å². The second kappa shape index (κ2) is 15.1. The van der Waals surface area contributed by atoms with E-state index in [9.17, 15) is 29.4 Å². The number of hydrogen-bond donors (Lipinski definition) is 4. The number of carbonyl (C=O) groups excluding carboxylic acids is 1. The Hall–Kier alpha value is -1.76. The normalized spacial score (nSPS) is 22.9. The van der Waals surface area contributed by atoms with Crippen molar-refractivity contribution in [1.82, 2.24) is 0 Å². The zero-order valence-electron chi connectivity index (χ0n) is 18.9. The van der Waals surface area contributed by atoms with Crippen molar-refractivity contribution in [3.8, 4) is 0 Å². The van der Waals surface area contributed by atoms with E-state index in [2.05, 4.69) is 13.0 Å². The molecule has 4 N–H and O–H groups in total. The van der Waals surface area contributed by atoms with E-state index in [1.807, 2.05) is 12.2 Å². The molecule has 0 spiro atoms. The monoisotopic (exact) mass is 468 g/mol. The van der Waals surface area contributed by atoms with E-state index in [0.717, 1.165) is 12.5 Å². The van der Waals surface area contributed by atoms with Crippen LogP contribution >= 0.6 is 7.60 Å². The first-order valence-corrected chi connectivity index (χ1v) is 12.9. The number of aliphatic hydroxyl groups excluding tert-OH is 2. The van der Waals surface area contributed by atoms with Crippen molar-refractivity contribution in [1.29, 1.82) is 0 Å². The fourth-order valence-corrected chi connectivity index (χ4v) is 4.37. The van der Waals surface area contributed by atoms with Crippen molar-refractivity contribution < 1.29 is 34.1 Å². The molecule has 0 bridgehead atoms. The first-order chi connectivity index (χ1) is 15.1. The third-order valence-corrected chi connectivity index (χ3v) is 6.23. The molecular formula is C24H37O7P. The minimum atomic E-state index is -4.30. The molecule has 180 valence electrons. The molecule has 8 heteroatoms. The lowest BCUT2D eigenvalue weighted by atomic mass is 9.87. The summed E-state index contributed by atoms with van der Waals surface area (Å²) in [4.78, 5) is 30.2. The van der Waals surface area contributed by atoms with E-state index < -0.39 is 43.7 Å². The van der Waals surface area contributed by atoms with E-state index in [-0.39, 0.29) is 12.6 Å². The number of carbonyl (C=O) groups is 1. The number of cyclic esters (lactones) is 1. The standard InChI is InChI=1S/C24H37O7P/c1-3-4-5-6-7-8-9-10-11-14-21(25)19(2)20(18-32(28,29)30)13-12-15-23-22(26)16-17-24(27)31-23/h7-12,14-17,19-23,25-26H,3-6,13,18H2,1-2H3,(H2,28,29,30)/b8-7+,10-9-,14-11-,15-12+/t19-,20-,21+,22+,23+/m1/s1. The summed E-state index contributed by atoms with van der Waals surface area (Å²) in [5, 5.41) is 20.3. The van der Waals surface area contributed by atoms with Crippen LogP contribution in [0, 0.1) is 11.8 Å². The number of rotatable bonds is 14. The highest BCUT2D eigenvalue weighted by molar-refractivity contribution is 7.51. The van der Waals surface area contributed by atoms with Crippen LogP contribution in [-0.2, 0) is 14.1 Å². The Balaban J connectivity index is 2.66. The summed E-state index contributed by atoms with van der Waals surface area (Å²) in [7, 11) is -4.30. The number of allylic oxidation sites excluding steroid dienone is 6. The van der Waals surface area contributed by atoms with Gasteiger partial charge >= 0.3 is 13.6 Å². The van der Waals surface area contributed by atoms with Gasteiger partial charge in [0, 0.05) is 6.08 Å². The zero-order chi connectivity index (χ0) is 24.0. The molecule has 1 aliphatic heterocycles. The van der Waals surface area contributed by atoms with Crippen LogP contribution in [0.4, 0.5) is 0 Å². The van der Waals surface area contributed by atoms with E-state index >= 15 is 0 Å². The molecule has 0 aromatic rings. The highest BCUT2D eigenvalue weighted by Crippen LogP contribution is 2.41. The molecule has 0 saturated carbocycles. The Morgan fingerprint density at radius 1 is 1.16 bits per heavy atom. The van der Waals surface area contributed by atoms with Gasteiger partial charge in [-0.05, 0) is 43.3 Å². The molecule has 5 atom stereocenters. The highest BCUT2D eigenvalue weighted by atomic mass is 31.2. The molecule has 0 fully saturated rings. The summed E-state index contributed by atoms with van der Waals surface area (Å²) in [6, 6.07) is 0. The van der Waals surface area contributed by atoms with Gasteiger partial charge in [0.25, 0.3) is 0 Å². The molecule has 0 aromatic carbocycles. The number of esters is 1. The predicted octanol–water partition coefficient (Wildman–Crippen LogP) is 3.82. The Labute approximate surface area is 191 Å². The summed E-state index contributed by atoms with van der Waals surface area (Å²) in [6.45, 7) is 3.90. The molecule has 7 nitrogen and oxygen atoms in total. The van der Waals surface area contributed by atoms with Crippen molar-refractivity contribution in [2.24, 2.45) is 11.8 Å². The van der Waals surface area contributed by atoms with Gasteiger partial charge in [0.15, 0.2) is 0 Å². The fraction of sp³-hybridized carbons (Fsp3) is 0.542. The van der Waals surface area contributed by atoms with Gasteiger partial charge in [0.05, 0.1) is 12.3 Å². The summed E-state index contributed by atoms with van der Waals surface area (Å²) in [5.41, 5.74) is 0. The van der Waals surface area contributed by atoms with Crippen molar-refractivity contribution in [3.05, 3.63) is 60.8 Å². The molecule has 1 aliphatic rings. The maximum Gasteiger partial charge on any atom is 0.331 e. The molecule has 0 amide bonds. The number of aliphatic hydroxyl groups is 2. The third-order valence-electron chi connectivity index (χ3n) is 5.29. The minimum Gasteiger partial charge on any atom is -0.452 e. The smallest absolute Gasteiger partial charge is 0.331 e. The maximum absolute atomic E-state index is 11.6. The van der Waals surface area contributed by atoms with E-state index in [1.165, 1.54) is 31.4 Å². The lowest BCUT2D eigenvalue weighted by Crippen LogP contribution is -2.31. The molecule has 0 unspecified atom stereocenters. The van der Waals surface area contributed by atoms with Crippen LogP contribution in [0.1, 0.15) is 46.0 Å². The van der Waals surface area contributed by atoms with Gasteiger partial charge in [-0.15, -0.1) is 0 Å². The maximum atomic E-state index is 11.6. The first kappa shape index (κ1) is 28.3. The van der Waals surface area contributed by atoms with Crippen LogP contribution in [0.3, 0.4) is 0 Å². The van der Waals surface area contributed by atoms with Gasteiger partial charge in [0.1, 0.15) is 12.2 Å². The van der Waals surface area contributed by atoms with Crippen molar-refractivity contribution in [3.63, 3.8) is 0 Å². The van der Waals surface area contributed by atoms with Gasteiger partial charge in [0.2, 0.25) is 0 Å². The quantitative estimate of drug-likeness (QED) is 0.100. The summed E-state index contributed by atoms with van der Waals surface area (Å²) >= 11 is 0. The largest absolute Gasteiger partial charge is 0.452 e. The molecule has 1 heterocycles. The van der Waals surface area contributed by atoms with Gasteiger partial charge in [-0.2, -0.15) is 0 Å². The Bertz CT molecular complexity index is 747. The lowest BCUT2D eigenvalue weighted by Gasteiger charge is -2.26. The van der Waals surface area contributed by atoms with Crippen LogP contribution in [0.5, 0.6) is 0 Å². The van der Waals surface area contributed by atoms with Crippen LogP contribution in [-0.4, -0.2) is 50.4 Å². The molecule has 0 aromatic heterocycles. The van der Waals surface area contributed by atoms with Crippen molar-refractivity contribution in [2.45, 2.75) is 64.3 Å². The Kier molecular flexibility index (Phi) is 13.4. The number of unbranched alkanes of at least 4 members (excludes halogenated alkanes) is 3. The van der Waals surface area contributed by atoms with Crippen molar-refractivity contribution >= 4 is 13.6 Å². The molecule has 1 rings (SSSR count). The van der Waals surface area contributed by atoms with Crippen LogP contribution in [0.25, 0.3) is 0 Å². The van der Waals surface area contributed by atoms with Gasteiger partial charge in [-0.3, -0.25) is 4.57 Å². The van der Waals surface area contributed by atoms with Gasteiger partial charge in [-0.25, -0.2) is 4.79 Å². The SMILES string of the molecule is CCCCC/C=C/C=C\C=C/[C@H](O)[C@H](C)[C@H](C/C=C/[C@@H]1OC(=O)C=C[C@@H]1O)CP(=O)(O)O. The second-order valence-corrected chi connectivity index (χ2v) is 9.76. The molecular weight excluding hydrogens is 431 g/mol. The van der Waals surface area contributed by atoms with Crippen molar-refractivity contribution in [2.75, 3.05) is 6.16 Å². The lowest BCUT2D eigenvalue weighted by molar-refractivity contribution is -0.146. The van der Waals surface area contributed by atoms with Gasteiger partial charge in [-0.1, -0.05) is 69.2 Å². The Morgan fingerprint density at radius 2 is 1.88 bits per heavy atom. The predicted molar refractivity (Wildman–Crippen MR) is 126 cm³/mol. The molecule has 0 saturated heterocycles. The van der Waals surface area contributed by atoms with E-state index in [1.54, 1.807) is 31.2 Å². The van der Waals surface area contributed by atoms with Crippen LogP contribution in [0.2, 0.25) is 0 Å². The molecule has 0 aliphatic carbocycles. The van der Waals surface area contributed by atoms with E-state index in [4.69, 9.17) is 4.74 Å². The molecule has 0 radical (unpaired) electrons. The second-order valence-electron chi connectivity index (χ2n) is 8.07. The fourth-order valence-electron chi connectivity index (χ4n) is 3.28. The average Bonchev–Trinajstić information content (AvgIpc) is 2.72. The number of ether oxygens (including phenoxy) is 1. The minimum absolute atomic E-state index is 0.248. The Morgan fingerprint density at radius 3 is 2.56 bits per heavy atom. The van der Waals surface area contributed by atoms with E-state index in [0.29, 0.717) is 0 Å². The summed E-state index contributed by atoms with van der Waals surface area (Å²) in [5.74, 6) is -1.50. The third kappa shape index (κ3) is 12.3.